The van der Waals surface area contributed by atoms with Gasteiger partial charge in [-0.15, -0.1) is 0 Å². The summed E-state index contributed by atoms with van der Waals surface area (Å²) in [7, 11) is 0. The van der Waals surface area contributed by atoms with Crippen LogP contribution < -0.4 is 10.2 Å². The van der Waals surface area contributed by atoms with Crippen molar-refractivity contribution in [1.82, 2.24) is 9.97 Å². The number of ether oxygens (including phenoxy) is 1. The smallest absolute Gasteiger partial charge is 0.256 e. The van der Waals surface area contributed by atoms with E-state index in [1.165, 1.54) is 6.07 Å². The van der Waals surface area contributed by atoms with Crippen molar-refractivity contribution >= 4 is 50.7 Å². The Bertz CT molecular complexity index is 1700. The Labute approximate surface area is 224 Å². The van der Waals surface area contributed by atoms with Crippen molar-refractivity contribution in [3.8, 4) is 11.1 Å². The number of nitrogens with zero attached hydrogens (tertiary/aromatic N) is 3. The fourth-order valence-electron chi connectivity index (χ4n) is 5.02. The molecule has 1 aliphatic heterocycles. The summed E-state index contributed by atoms with van der Waals surface area (Å²) in [5.74, 6) is -0.686. The highest BCUT2D eigenvalue weighted by atomic mass is 35.5. The molecule has 0 unspecified atom stereocenters. The lowest BCUT2D eigenvalue weighted by molar-refractivity contribution is 0.102. The molecule has 5 aromatic rings. The number of hydrogen-bond acceptors (Lipinski definition) is 5. The Morgan fingerprint density at radius 3 is 2.68 bits per heavy atom. The van der Waals surface area contributed by atoms with Gasteiger partial charge in [-0.1, -0.05) is 41.4 Å². The molecule has 1 N–H and O–H groups in total. The monoisotopic (exact) mass is 526 g/mol. The van der Waals surface area contributed by atoms with Crippen molar-refractivity contribution in [3.05, 3.63) is 95.0 Å². The molecule has 3 heterocycles. The molecule has 190 valence electrons. The zero-order valence-corrected chi connectivity index (χ0v) is 21.4. The van der Waals surface area contributed by atoms with E-state index < -0.39 is 5.82 Å². The van der Waals surface area contributed by atoms with E-state index in [0.29, 0.717) is 59.2 Å². The van der Waals surface area contributed by atoms with Crippen molar-refractivity contribution in [1.29, 1.82) is 0 Å². The van der Waals surface area contributed by atoms with Crippen LogP contribution in [0.3, 0.4) is 0 Å². The highest BCUT2D eigenvalue weighted by Crippen LogP contribution is 2.41. The second-order valence-corrected chi connectivity index (χ2v) is 9.66. The molecule has 38 heavy (non-hydrogen) atoms. The summed E-state index contributed by atoms with van der Waals surface area (Å²) >= 11 is 6.52. The van der Waals surface area contributed by atoms with Gasteiger partial charge >= 0.3 is 0 Å². The molecular formula is C30H24ClFN4O2. The lowest BCUT2D eigenvalue weighted by Gasteiger charge is -2.31. The van der Waals surface area contributed by atoms with Gasteiger partial charge in [-0.05, 0) is 43.3 Å². The van der Waals surface area contributed by atoms with Crippen LogP contribution in [-0.4, -0.2) is 42.2 Å². The Morgan fingerprint density at radius 1 is 1.03 bits per heavy atom. The quantitative estimate of drug-likeness (QED) is 0.284. The van der Waals surface area contributed by atoms with Gasteiger partial charge in [0.15, 0.2) is 0 Å². The average molecular weight is 527 g/mol. The number of nitrogens with one attached hydrogen (secondary N) is 1. The summed E-state index contributed by atoms with van der Waals surface area (Å²) in [4.78, 5) is 24.7. The normalized spacial score (nSPS) is 13.7. The minimum absolute atomic E-state index is 0.275. The van der Waals surface area contributed by atoms with Crippen molar-refractivity contribution in [2.75, 3.05) is 36.5 Å². The van der Waals surface area contributed by atoms with E-state index in [1.54, 1.807) is 30.6 Å². The molecule has 0 saturated carbocycles. The number of morpholine rings is 1. The van der Waals surface area contributed by atoms with Crippen LogP contribution in [0.15, 0.2) is 73.1 Å². The molecular weight excluding hydrogens is 503 g/mol. The van der Waals surface area contributed by atoms with Gasteiger partial charge in [0.2, 0.25) is 0 Å². The Hall–Kier alpha value is -4.07. The SMILES string of the molecule is Cc1ccc(Cl)c(-c2c(F)ccc3c(N4CCOCC4)c(NC(=O)c4ccnc5ccccc45)cnc23)c1. The van der Waals surface area contributed by atoms with E-state index in [4.69, 9.17) is 16.3 Å². The maximum atomic E-state index is 15.4. The van der Waals surface area contributed by atoms with Crippen LogP contribution in [-0.2, 0) is 4.74 Å². The number of fused-ring (bicyclic) bond motifs is 2. The van der Waals surface area contributed by atoms with Crippen LogP contribution in [0.1, 0.15) is 15.9 Å². The van der Waals surface area contributed by atoms with Crippen molar-refractivity contribution in [2.24, 2.45) is 0 Å². The number of benzene rings is 3. The molecule has 0 atom stereocenters. The number of halogens is 2. The summed E-state index contributed by atoms with van der Waals surface area (Å²) in [6.45, 7) is 4.27. The third-order valence-electron chi connectivity index (χ3n) is 6.82. The number of aromatic nitrogens is 2. The molecule has 1 fully saturated rings. The summed E-state index contributed by atoms with van der Waals surface area (Å²) in [6, 6.07) is 17.9. The van der Waals surface area contributed by atoms with Crippen LogP contribution >= 0.6 is 11.6 Å². The first kappa shape index (κ1) is 24.3. The van der Waals surface area contributed by atoms with E-state index in [9.17, 15) is 4.79 Å². The van der Waals surface area contributed by atoms with Gasteiger partial charge in [0.25, 0.3) is 5.91 Å². The fourth-order valence-corrected chi connectivity index (χ4v) is 5.23. The topological polar surface area (TPSA) is 67.3 Å². The second-order valence-electron chi connectivity index (χ2n) is 9.25. The highest BCUT2D eigenvalue weighted by molar-refractivity contribution is 6.33. The van der Waals surface area contributed by atoms with Crippen LogP contribution in [0.5, 0.6) is 0 Å². The second kappa shape index (κ2) is 10.0. The maximum Gasteiger partial charge on any atom is 0.256 e. The molecule has 8 heteroatoms. The molecule has 6 nitrogen and oxygen atoms in total. The first-order valence-corrected chi connectivity index (χ1v) is 12.7. The number of pyridine rings is 2. The van der Waals surface area contributed by atoms with Gasteiger partial charge in [0, 0.05) is 46.2 Å². The number of aryl methyl sites for hydroxylation is 1. The van der Waals surface area contributed by atoms with Crippen molar-refractivity contribution < 1.29 is 13.9 Å². The minimum atomic E-state index is -0.412. The number of carbonyl (C=O) groups is 1. The largest absolute Gasteiger partial charge is 0.378 e. The Balaban J connectivity index is 1.52. The Morgan fingerprint density at radius 2 is 1.84 bits per heavy atom. The molecule has 0 spiro atoms. The summed E-state index contributed by atoms with van der Waals surface area (Å²) in [5.41, 5.74) is 4.91. The standard InChI is InChI=1S/C30H24ClFN4O2/c1-18-6-8-23(31)22(16-18)27-24(32)9-7-21-28(27)34-17-26(29(21)36-12-14-38-15-13-36)35-30(37)20-10-11-33-25-5-3-2-4-19(20)25/h2-11,16-17H,12-15H2,1H3,(H,35,37). The maximum absolute atomic E-state index is 15.4. The van der Waals surface area contributed by atoms with Gasteiger partial charge in [-0.2, -0.15) is 0 Å². The van der Waals surface area contributed by atoms with E-state index in [0.717, 1.165) is 27.5 Å². The third-order valence-corrected chi connectivity index (χ3v) is 7.15. The van der Waals surface area contributed by atoms with Gasteiger partial charge in [-0.3, -0.25) is 14.8 Å². The summed E-state index contributed by atoms with van der Waals surface area (Å²) < 4.78 is 20.9. The molecule has 2 aromatic heterocycles. The molecule has 0 aliphatic carbocycles. The predicted octanol–water partition coefficient (Wildman–Crippen LogP) is 6.64. The molecule has 1 amide bonds. The molecule has 0 radical (unpaired) electrons. The lowest BCUT2D eigenvalue weighted by Crippen LogP contribution is -2.37. The van der Waals surface area contributed by atoms with Crippen LogP contribution in [0, 0.1) is 12.7 Å². The van der Waals surface area contributed by atoms with E-state index in [-0.39, 0.29) is 5.91 Å². The molecule has 3 aromatic carbocycles. The summed E-state index contributed by atoms with van der Waals surface area (Å²) in [6.07, 6.45) is 3.22. The molecule has 1 saturated heterocycles. The van der Waals surface area contributed by atoms with Gasteiger partial charge < -0.3 is 15.0 Å². The molecule has 1 aliphatic rings. The van der Waals surface area contributed by atoms with Crippen LogP contribution in [0.25, 0.3) is 32.9 Å². The summed E-state index contributed by atoms with van der Waals surface area (Å²) in [5, 5.41) is 4.99. The van der Waals surface area contributed by atoms with E-state index >= 15 is 4.39 Å². The number of anilines is 2. The van der Waals surface area contributed by atoms with Gasteiger partial charge in [0.05, 0.1) is 47.4 Å². The van der Waals surface area contributed by atoms with E-state index in [2.05, 4.69) is 20.2 Å². The number of hydrogen-bond donors (Lipinski definition) is 1. The third kappa shape index (κ3) is 4.34. The highest BCUT2D eigenvalue weighted by Gasteiger charge is 2.24. The lowest BCUT2D eigenvalue weighted by atomic mass is 9.98. The minimum Gasteiger partial charge on any atom is -0.378 e. The number of amides is 1. The van der Waals surface area contributed by atoms with E-state index in [1.807, 2.05) is 43.3 Å². The number of rotatable bonds is 4. The first-order valence-electron chi connectivity index (χ1n) is 12.4. The fraction of sp³-hybridized carbons (Fsp3) is 0.167. The zero-order chi connectivity index (χ0) is 26.2. The Kier molecular flexibility index (Phi) is 6.39. The number of para-hydroxylation sites is 1. The zero-order valence-electron chi connectivity index (χ0n) is 20.7. The first-order chi connectivity index (χ1) is 18.5. The van der Waals surface area contributed by atoms with Crippen molar-refractivity contribution in [3.63, 3.8) is 0 Å². The van der Waals surface area contributed by atoms with Crippen LogP contribution in [0.4, 0.5) is 15.8 Å². The van der Waals surface area contributed by atoms with Gasteiger partial charge in [0.1, 0.15) is 5.82 Å². The number of carbonyl (C=O) groups excluding carboxylic acids is 1. The van der Waals surface area contributed by atoms with Crippen molar-refractivity contribution in [2.45, 2.75) is 6.92 Å². The van der Waals surface area contributed by atoms with Gasteiger partial charge in [-0.25, -0.2) is 4.39 Å². The predicted molar refractivity (Wildman–Crippen MR) is 150 cm³/mol. The molecule has 0 bridgehead atoms. The van der Waals surface area contributed by atoms with Crippen LogP contribution in [0.2, 0.25) is 5.02 Å². The average Bonchev–Trinajstić information content (AvgIpc) is 2.94. The molecule has 6 rings (SSSR count).